The van der Waals surface area contributed by atoms with E-state index in [0.29, 0.717) is 32.0 Å². The van der Waals surface area contributed by atoms with Crippen LogP contribution in [0.25, 0.3) is 0 Å². The van der Waals surface area contributed by atoms with Crippen molar-refractivity contribution in [1.82, 2.24) is 19.2 Å². The number of imidazole rings is 1. The van der Waals surface area contributed by atoms with Gasteiger partial charge in [0.05, 0.1) is 13.2 Å². The molecule has 0 radical (unpaired) electrons. The number of hydrogen-bond donors (Lipinski definition) is 2. The Labute approximate surface area is 133 Å². The zero-order valence-corrected chi connectivity index (χ0v) is 13.4. The van der Waals surface area contributed by atoms with Crippen LogP contribution in [-0.4, -0.2) is 67.2 Å². The van der Waals surface area contributed by atoms with E-state index in [1.165, 1.54) is 10.8 Å². The SMILES string of the molecule is NS(=O)(=O)NCCn1c([N+](=O)[O-])cnc1CCN1CCOCC1. The Hall–Kier alpha value is -1.60. The molecule has 1 aliphatic heterocycles. The van der Waals surface area contributed by atoms with E-state index in [1.807, 2.05) is 0 Å². The highest BCUT2D eigenvalue weighted by Crippen LogP contribution is 2.15. The molecular formula is C11H20N6O5S. The first-order chi connectivity index (χ1) is 10.9. The standard InChI is InChI=1S/C11H20N6O5S/c12-23(20,21)14-2-4-16-10(13-9-11(16)17(18)19)1-3-15-5-7-22-8-6-15/h9,14H,1-8H2,(H2,12,20,21). The van der Waals surface area contributed by atoms with Gasteiger partial charge in [-0.15, -0.1) is 0 Å². The quantitative estimate of drug-likeness (QED) is 0.427. The van der Waals surface area contributed by atoms with Gasteiger partial charge in [0, 0.05) is 32.6 Å². The lowest BCUT2D eigenvalue weighted by Gasteiger charge is -2.25. The molecule has 3 N–H and O–H groups in total. The molecule has 0 spiro atoms. The van der Waals surface area contributed by atoms with Gasteiger partial charge in [0.25, 0.3) is 10.2 Å². The predicted molar refractivity (Wildman–Crippen MR) is 81.0 cm³/mol. The van der Waals surface area contributed by atoms with Gasteiger partial charge in [0.15, 0.2) is 5.82 Å². The summed E-state index contributed by atoms with van der Waals surface area (Å²) in [4.78, 5) is 16.8. The number of nitrogens with zero attached hydrogens (tertiary/aromatic N) is 4. The predicted octanol–water partition coefficient (Wildman–Crippen LogP) is -1.54. The van der Waals surface area contributed by atoms with Crippen LogP contribution in [0, 0.1) is 10.1 Å². The topological polar surface area (TPSA) is 146 Å². The normalized spacial score (nSPS) is 16.6. The van der Waals surface area contributed by atoms with Gasteiger partial charge >= 0.3 is 5.82 Å². The highest BCUT2D eigenvalue weighted by atomic mass is 32.2. The van der Waals surface area contributed by atoms with Gasteiger partial charge in [0.1, 0.15) is 12.7 Å². The van der Waals surface area contributed by atoms with Crippen LogP contribution in [0.4, 0.5) is 5.82 Å². The van der Waals surface area contributed by atoms with E-state index in [4.69, 9.17) is 9.88 Å². The molecule has 0 atom stereocenters. The maximum Gasteiger partial charge on any atom is 0.342 e. The van der Waals surface area contributed by atoms with Crippen molar-refractivity contribution in [2.75, 3.05) is 39.4 Å². The van der Waals surface area contributed by atoms with E-state index in [1.54, 1.807) is 0 Å². The summed E-state index contributed by atoms with van der Waals surface area (Å²) < 4.78 is 30.5. The van der Waals surface area contributed by atoms with Crippen LogP contribution in [0.3, 0.4) is 0 Å². The van der Waals surface area contributed by atoms with Crippen molar-refractivity contribution in [3.8, 4) is 0 Å². The molecule has 0 bridgehead atoms. The van der Waals surface area contributed by atoms with Crippen LogP contribution in [0.5, 0.6) is 0 Å². The van der Waals surface area contributed by atoms with Gasteiger partial charge in [-0.3, -0.25) is 4.90 Å². The van der Waals surface area contributed by atoms with Crippen LogP contribution in [-0.2, 0) is 27.9 Å². The molecule has 12 heteroatoms. The third kappa shape index (κ3) is 5.51. The summed E-state index contributed by atoms with van der Waals surface area (Å²) in [7, 11) is -3.83. The van der Waals surface area contributed by atoms with E-state index in [-0.39, 0.29) is 18.9 Å². The molecule has 0 unspecified atom stereocenters. The summed E-state index contributed by atoms with van der Waals surface area (Å²) >= 11 is 0. The highest BCUT2D eigenvalue weighted by Gasteiger charge is 2.21. The molecule has 1 saturated heterocycles. The molecule has 2 rings (SSSR count). The number of aromatic nitrogens is 2. The Morgan fingerprint density at radius 3 is 2.70 bits per heavy atom. The Morgan fingerprint density at radius 2 is 2.09 bits per heavy atom. The second-order valence-electron chi connectivity index (χ2n) is 5.08. The molecule has 2 heterocycles. The fraction of sp³-hybridized carbons (Fsp3) is 0.727. The second kappa shape index (κ2) is 7.79. The summed E-state index contributed by atoms with van der Waals surface area (Å²) in [5, 5.41) is 15.9. The first kappa shape index (κ1) is 17.7. The Bertz CT molecular complexity index is 639. The highest BCUT2D eigenvalue weighted by molar-refractivity contribution is 7.87. The first-order valence-electron chi connectivity index (χ1n) is 7.13. The van der Waals surface area contributed by atoms with Gasteiger partial charge in [-0.25, -0.2) is 14.7 Å². The largest absolute Gasteiger partial charge is 0.379 e. The van der Waals surface area contributed by atoms with Gasteiger partial charge in [-0.2, -0.15) is 13.1 Å². The van der Waals surface area contributed by atoms with E-state index >= 15 is 0 Å². The van der Waals surface area contributed by atoms with Crippen molar-refractivity contribution in [2.45, 2.75) is 13.0 Å². The van der Waals surface area contributed by atoms with E-state index in [9.17, 15) is 18.5 Å². The van der Waals surface area contributed by atoms with Crippen LogP contribution >= 0.6 is 0 Å². The summed E-state index contributed by atoms with van der Waals surface area (Å²) in [6, 6.07) is 0. The van der Waals surface area contributed by atoms with Crippen molar-refractivity contribution in [3.63, 3.8) is 0 Å². The van der Waals surface area contributed by atoms with E-state index in [0.717, 1.165) is 13.1 Å². The molecule has 23 heavy (non-hydrogen) atoms. The van der Waals surface area contributed by atoms with Gasteiger partial charge in [0.2, 0.25) is 0 Å². The number of nitrogens with one attached hydrogen (secondary N) is 1. The van der Waals surface area contributed by atoms with Gasteiger partial charge < -0.3 is 14.9 Å². The molecule has 11 nitrogen and oxygen atoms in total. The smallest absolute Gasteiger partial charge is 0.342 e. The zero-order chi connectivity index (χ0) is 16.9. The lowest BCUT2D eigenvalue weighted by atomic mass is 10.3. The minimum atomic E-state index is -3.83. The van der Waals surface area contributed by atoms with Crippen molar-refractivity contribution in [3.05, 3.63) is 22.1 Å². The molecule has 0 saturated carbocycles. The number of morpholine rings is 1. The summed E-state index contributed by atoms with van der Waals surface area (Å²) in [5.74, 6) is 0.373. The van der Waals surface area contributed by atoms with Gasteiger partial charge in [-0.05, 0) is 4.92 Å². The maximum absolute atomic E-state index is 11.1. The third-order valence-electron chi connectivity index (χ3n) is 3.50. The number of hydrogen-bond acceptors (Lipinski definition) is 7. The molecule has 0 aromatic carbocycles. The van der Waals surface area contributed by atoms with Crippen molar-refractivity contribution >= 4 is 16.0 Å². The molecular weight excluding hydrogens is 328 g/mol. The molecule has 1 aliphatic rings. The second-order valence-corrected chi connectivity index (χ2v) is 6.46. The van der Waals surface area contributed by atoms with Crippen molar-refractivity contribution in [2.24, 2.45) is 5.14 Å². The number of nitrogens with two attached hydrogens (primary N) is 1. The third-order valence-corrected chi connectivity index (χ3v) is 4.10. The minimum absolute atomic E-state index is 0.0411. The van der Waals surface area contributed by atoms with Crippen molar-refractivity contribution in [1.29, 1.82) is 0 Å². The number of nitro groups is 1. The number of ether oxygens (including phenoxy) is 1. The Morgan fingerprint density at radius 1 is 1.39 bits per heavy atom. The maximum atomic E-state index is 11.1. The van der Waals surface area contributed by atoms with E-state index in [2.05, 4.69) is 14.6 Å². The first-order valence-corrected chi connectivity index (χ1v) is 8.68. The molecule has 0 amide bonds. The summed E-state index contributed by atoms with van der Waals surface area (Å²) in [6.07, 6.45) is 1.72. The van der Waals surface area contributed by atoms with Crippen LogP contribution in [0.2, 0.25) is 0 Å². The fourth-order valence-corrected chi connectivity index (χ4v) is 2.75. The van der Waals surface area contributed by atoms with Crippen LogP contribution in [0.1, 0.15) is 5.82 Å². The van der Waals surface area contributed by atoms with Gasteiger partial charge in [-0.1, -0.05) is 0 Å². The lowest BCUT2D eigenvalue weighted by molar-refractivity contribution is -0.392. The fourth-order valence-electron chi connectivity index (χ4n) is 2.38. The molecule has 130 valence electrons. The summed E-state index contributed by atoms with van der Waals surface area (Å²) in [6.45, 7) is 3.73. The Kier molecular flexibility index (Phi) is 6.01. The van der Waals surface area contributed by atoms with Crippen LogP contribution in [0.15, 0.2) is 6.20 Å². The molecule has 1 aromatic heterocycles. The molecule has 0 aliphatic carbocycles. The molecule has 1 aromatic rings. The monoisotopic (exact) mass is 348 g/mol. The minimum Gasteiger partial charge on any atom is -0.379 e. The van der Waals surface area contributed by atoms with Crippen molar-refractivity contribution < 1.29 is 18.1 Å². The number of rotatable bonds is 8. The Balaban J connectivity index is 2.01. The average molecular weight is 348 g/mol. The zero-order valence-electron chi connectivity index (χ0n) is 12.5. The van der Waals surface area contributed by atoms with E-state index < -0.39 is 15.1 Å². The summed E-state index contributed by atoms with van der Waals surface area (Å²) in [5.41, 5.74) is 0. The lowest BCUT2D eigenvalue weighted by Crippen LogP contribution is -2.38. The van der Waals surface area contributed by atoms with Crippen LogP contribution < -0.4 is 9.86 Å². The average Bonchev–Trinajstić information content (AvgIpc) is 2.88. The molecule has 1 fully saturated rings.